The maximum Gasteiger partial charge on any atom is 0.318 e. The van der Waals surface area contributed by atoms with Crippen LogP contribution in [-0.4, -0.2) is 152 Å². The maximum absolute atomic E-state index is 14.4. The van der Waals surface area contributed by atoms with Gasteiger partial charge < -0.3 is 54.9 Å². The Morgan fingerprint density at radius 1 is 1.01 bits per heavy atom. The monoisotopic (exact) mass is 1010 g/mol. The summed E-state index contributed by atoms with van der Waals surface area (Å²) in [5.41, 5.74) is 6.26. The molecule has 7 heterocycles. The van der Waals surface area contributed by atoms with Gasteiger partial charge >= 0.3 is 6.03 Å². The van der Waals surface area contributed by atoms with Crippen LogP contribution >= 0.6 is 0 Å². The number of aromatic nitrogens is 5. The number of anilines is 1. The number of benzene rings is 2. The Labute approximate surface area is 432 Å². The van der Waals surface area contributed by atoms with Gasteiger partial charge in [-0.15, -0.1) is 16.6 Å². The number of urea groups is 1. The van der Waals surface area contributed by atoms with Crippen molar-refractivity contribution in [1.82, 2.24) is 50.5 Å². The Morgan fingerprint density at radius 3 is 2.49 bits per heavy atom. The van der Waals surface area contributed by atoms with Gasteiger partial charge in [0.1, 0.15) is 23.6 Å². The predicted molar refractivity (Wildman–Crippen MR) is 279 cm³/mol. The third-order valence-electron chi connectivity index (χ3n) is 16.1. The second-order valence-electron chi connectivity index (χ2n) is 22.2. The lowest BCUT2D eigenvalue weighted by atomic mass is 9.60. The van der Waals surface area contributed by atoms with E-state index >= 15 is 0 Å². The topological polar surface area (TPSA) is 214 Å². The number of terminal acetylenes is 1. The molecule has 4 atom stereocenters. The molecule has 1 aliphatic carbocycles. The third kappa shape index (κ3) is 10.2. The number of amides is 4. The van der Waals surface area contributed by atoms with Gasteiger partial charge in [-0.2, -0.15) is 0 Å². The Bertz CT molecular complexity index is 2910. The number of hydrogen-bond acceptors (Lipinski definition) is 13. The number of aliphatic hydroxyl groups is 1. The maximum atomic E-state index is 14.4. The molecule has 3 saturated heterocycles. The van der Waals surface area contributed by atoms with Crippen LogP contribution < -0.4 is 20.3 Å². The van der Waals surface area contributed by atoms with Crippen LogP contribution in [0.3, 0.4) is 0 Å². The van der Waals surface area contributed by atoms with Gasteiger partial charge in [0, 0.05) is 123 Å². The number of piperidine rings is 1. The van der Waals surface area contributed by atoms with E-state index in [0.29, 0.717) is 73.2 Å². The molecule has 390 valence electrons. The standard InChI is InChI=1S/C56H69N11O7/c1-7-35-13-14-37(47(23-35)74-22-10-21-73-6)28-57-51(70)45-24-40(68)31-67(45)52(71)49(55(3,4)5)61-54(72)65-32-56(33-65)26-39(27-56)64-18-15-36(16-19-64)38-29-58-53(59-30-38)66-20-17-43-48(34(66)2)42-25-44(62-63-50(42)60-43)41-11-8-9-12-46(41)69/h1,8-9,11-14,23,25,29-30,34,36,39-40,45,49,68-69H,10,15-22,24,26-28,31-33H2,2-6H3,(H,57,70)(H,60,63)(H,61,72)/t34-,40+,45-,49+/m0/s1. The van der Waals surface area contributed by atoms with Crippen LogP contribution in [0.25, 0.3) is 22.3 Å². The SMILES string of the molecule is C#Cc1ccc(CNC(=O)[C@@H]2C[C@@H](O)CN2C(=O)[C@@H](NC(=O)N2CC3(CC(N4CCC(c5cnc(N6CCc7[nH]c8nnc(-c9ccccc9O)cc8c7[C@@H]6C)nc5)CC4)C3)C2)C(C)(C)C)c(OCCCOC)c1. The number of aliphatic hydroxyl groups excluding tert-OH is 1. The van der Waals surface area contributed by atoms with Gasteiger partial charge in [0.05, 0.1) is 24.4 Å². The highest BCUT2D eigenvalue weighted by atomic mass is 16.5. The average Bonchev–Trinajstić information content (AvgIpc) is 3.96. The van der Waals surface area contributed by atoms with Crippen molar-refractivity contribution in [3.8, 4) is 35.1 Å². The zero-order valence-electron chi connectivity index (χ0n) is 43.1. The fraction of sp³-hybridized carbons (Fsp3) is 0.518. The molecule has 10 rings (SSSR count). The van der Waals surface area contributed by atoms with Crippen LogP contribution in [-0.2, 0) is 27.3 Å². The lowest BCUT2D eigenvalue weighted by molar-refractivity contribution is -0.142. The largest absolute Gasteiger partial charge is 0.507 e. The molecule has 74 heavy (non-hydrogen) atoms. The van der Waals surface area contributed by atoms with Crippen molar-refractivity contribution in [2.75, 3.05) is 64.5 Å². The number of phenolic OH excluding ortho intramolecular Hbond substituents is 1. The second-order valence-corrected chi connectivity index (χ2v) is 22.2. The number of ether oxygens (including phenoxy) is 2. The van der Waals surface area contributed by atoms with Gasteiger partial charge in [-0.25, -0.2) is 14.8 Å². The number of rotatable bonds is 14. The molecule has 4 fully saturated rings. The molecule has 18 heteroatoms. The quantitative estimate of drug-likeness (QED) is 0.0670. The summed E-state index contributed by atoms with van der Waals surface area (Å²) in [6.07, 6.45) is 14.5. The van der Waals surface area contributed by atoms with Crippen molar-refractivity contribution < 1.29 is 34.1 Å². The molecule has 18 nitrogen and oxygen atoms in total. The van der Waals surface area contributed by atoms with Crippen molar-refractivity contribution in [3.05, 3.63) is 88.9 Å². The van der Waals surface area contributed by atoms with Gasteiger partial charge in [-0.05, 0) is 92.9 Å². The van der Waals surface area contributed by atoms with E-state index in [0.717, 1.165) is 79.6 Å². The number of aromatic amines is 1. The Hall–Kier alpha value is -6.81. The summed E-state index contributed by atoms with van der Waals surface area (Å²) in [4.78, 5) is 63.4. The zero-order chi connectivity index (χ0) is 51.9. The normalized spacial score (nSPS) is 21.4. The smallest absolute Gasteiger partial charge is 0.318 e. The lowest BCUT2D eigenvalue weighted by Crippen LogP contribution is -2.70. The molecule has 5 aliphatic rings. The summed E-state index contributed by atoms with van der Waals surface area (Å²) < 4.78 is 11.1. The highest BCUT2D eigenvalue weighted by Gasteiger charge is 2.56. The number of carbonyl (C=O) groups is 3. The Balaban J connectivity index is 0.690. The highest BCUT2D eigenvalue weighted by Crippen LogP contribution is 2.51. The van der Waals surface area contributed by atoms with E-state index in [1.54, 1.807) is 36.3 Å². The molecular formula is C56H69N11O7. The lowest BCUT2D eigenvalue weighted by Gasteiger charge is -2.61. The van der Waals surface area contributed by atoms with Crippen LogP contribution in [0.4, 0.5) is 10.7 Å². The zero-order valence-corrected chi connectivity index (χ0v) is 43.1. The van der Waals surface area contributed by atoms with E-state index < -0.39 is 35.4 Å². The van der Waals surface area contributed by atoms with Gasteiger partial charge in [0.15, 0.2) is 5.65 Å². The number of nitrogens with zero attached hydrogens (tertiary/aromatic N) is 8. The highest BCUT2D eigenvalue weighted by molar-refractivity contribution is 5.93. The summed E-state index contributed by atoms with van der Waals surface area (Å²) in [5.74, 6) is 3.64. The summed E-state index contributed by atoms with van der Waals surface area (Å²) in [7, 11) is 1.63. The molecule has 4 amide bonds. The first kappa shape index (κ1) is 50.7. The van der Waals surface area contributed by atoms with Crippen molar-refractivity contribution in [3.63, 3.8) is 0 Å². The van der Waals surface area contributed by atoms with E-state index in [4.69, 9.17) is 25.9 Å². The van der Waals surface area contributed by atoms with E-state index in [9.17, 15) is 24.6 Å². The Morgan fingerprint density at radius 2 is 1.77 bits per heavy atom. The van der Waals surface area contributed by atoms with Gasteiger partial charge in [0.2, 0.25) is 17.8 Å². The number of nitrogens with one attached hydrogen (secondary N) is 3. The minimum atomic E-state index is -0.920. The molecule has 3 aromatic heterocycles. The van der Waals surface area contributed by atoms with Crippen molar-refractivity contribution >= 4 is 34.8 Å². The summed E-state index contributed by atoms with van der Waals surface area (Å²) in [6, 6.07) is 12.9. The third-order valence-corrected chi connectivity index (χ3v) is 16.1. The van der Waals surface area contributed by atoms with E-state index in [1.165, 1.54) is 10.5 Å². The van der Waals surface area contributed by atoms with E-state index in [1.807, 2.05) is 57.4 Å². The molecule has 0 radical (unpaired) electrons. The minimum absolute atomic E-state index is 0.00486. The number of H-pyrrole nitrogens is 1. The fourth-order valence-corrected chi connectivity index (χ4v) is 12.0. The number of likely N-dealkylation sites (tertiary alicyclic amines) is 3. The van der Waals surface area contributed by atoms with E-state index in [2.05, 4.69) is 48.5 Å². The molecular weight excluding hydrogens is 939 g/mol. The van der Waals surface area contributed by atoms with Crippen LogP contribution in [0.5, 0.6) is 11.5 Å². The minimum Gasteiger partial charge on any atom is -0.507 e. The molecule has 0 bridgehead atoms. The molecule has 1 spiro atoms. The molecule has 4 aliphatic heterocycles. The number of para-hydroxylation sites is 1. The van der Waals surface area contributed by atoms with E-state index in [-0.39, 0.29) is 42.7 Å². The first-order valence-corrected chi connectivity index (χ1v) is 26.1. The number of hydrogen-bond donors (Lipinski definition) is 5. The molecule has 1 saturated carbocycles. The number of fused-ring (bicyclic) bond motifs is 3. The number of carbonyl (C=O) groups excluding carboxylic acids is 3. The van der Waals surface area contributed by atoms with Crippen LogP contribution in [0.1, 0.15) is 106 Å². The van der Waals surface area contributed by atoms with Crippen LogP contribution in [0.15, 0.2) is 60.9 Å². The fourth-order valence-electron chi connectivity index (χ4n) is 12.0. The second kappa shape index (κ2) is 20.8. The van der Waals surface area contributed by atoms with Crippen molar-refractivity contribution in [2.45, 2.75) is 115 Å². The first-order chi connectivity index (χ1) is 35.6. The van der Waals surface area contributed by atoms with Gasteiger partial charge in [-0.3, -0.25) is 9.59 Å². The molecule has 5 N–H and O–H groups in total. The average molecular weight is 1010 g/mol. The number of aromatic hydroxyl groups is 1. The van der Waals surface area contributed by atoms with Crippen molar-refractivity contribution in [2.24, 2.45) is 10.8 Å². The molecule has 0 unspecified atom stereocenters. The molecule has 2 aromatic carbocycles. The summed E-state index contributed by atoms with van der Waals surface area (Å²) in [5, 5.41) is 37.1. The summed E-state index contributed by atoms with van der Waals surface area (Å²) >= 11 is 0. The number of β-amino-alcohol motifs (C(OH)–C–C–N with tert-alkyl or cyclic N) is 1. The summed E-state index contributed by atoms with van der Waals surface area (Å²) in [6.45, 7) is 13.0. The molecule has 5 aromatic rings. The predicted octanol–water partition coefficient (Wildman–Crippen LogP) is 5.69. The van der Waals surface area contributed by atoms with Gasteiger partial charge in [0.25, 0.3) is 0 Å². The number of methoxy groups -OCH3 is 1. The number of phenols is 1. The van der Waals surface area contributed by atoms with Gasteiger partial charge in [-0.1, -0.05) is 44.9 Å². The van der Waals surface area contributed by atoms with Crippen LogP contribution in [0, 0.1) is 23.2 Å². The van der Waals surface area contributed by atoms with Crippen LogP contribution in [0.2, 0.25) is 0 Å². The van der Waals surface area contributed by atoms with Crippen molar-refractivity contribution in [1.29, 1.82) is 0 Å². The Kier molecular flexibility index (Phi) is 14.3. The first-order valence-electron chi connectivity index (χ1n) is 26.1.